The smallest absolute Gasteiger partial charge is 0.228 e. The highest BCUT2D eigenvalue weighted by atomic mass is 32.2. The number of ether oxygens (including phenoxy) is 3. The first-order chi connectivity index (χ1) is 20.0. The molecule has 12 heteroatoms. The molecule has 0 bridgehead atoms. The van der Waals surface area contributed by atoms with E-state index in [9.17, 15) is 4.79 Å². The van der Waals surface area contributed by atoms with Crippen molar-refractivity contribution >= 4 is 40.2 Å². The molecule has 0 aromatic carbocycles. The van der Waals surface area contributed by atoms with Crippen molar-refractivity contribution in [2.24, 2.45) is 23.3 Å². The van der Waals surface area contributed by atoms with Gasteiger partial charge in [0, 0.05) is 28.6 Å². The van der Waals surface area contributed by atoms with Crippen molar-refractivity contribution in [2.75, 3.05) is 37.9 Å². The van der Waals surface area contributed by atoms with Crippen molar-refractivity contribution in [1.29, 1.82) is 0 Å². The van der Waals surface area contributed by atoms with E-state index in [1.165, 1.54) is 29.7 Å². The van der Waals surface area contributed by atoms with E-state index < -0.39 is 5.79 Å². The van der Waals surface area contributed by atoms with Crippen LogP contribution >= 0.6 is 23.5 Å². The number of rotatable bonds is 10. The van der Waals surface area contributed by atoms with Crippen LogP contribution in [0.1, 0.15) is 44.4 Å². The van der Waals surface area contributed by atoms with E-state index in [-0.39, 0.29) is 30.1 Å². The lowest BCUT2D eigenvalue weighted by Gasteiger charge is -2.31. The number of nitrogens with one attached hydrogen (secondary N) is 1. The number of carbonyl (C=O) groups is 1. The second-order valence-electron chi connectivity index (χ2n) is 11.6. The van der Waals surface area contributed by atoms with Gasteiger partial charge in [0.1, 0.15) is 18.0 Å². The number of carbonyl (C=O) groups excluding carboxylic acids is 1. The van der Waals surface area contributed by atoms with Crippen LogP contribution in [0.4, 0.5) is 5.82 Å². The molecular formula is C30H42N6O4S2. The number of amides is 1. The Kier molecular flexibility index (Phi) is 9.29. The highest BCUT2D eigenvalue weighted by molar-refractivity contribution is 8.12. The molecule has 1 aromatic heterocycles. The fourth-order valence-corrected chi connectivity index (χ4v) is 7.30. The highest BCUT2D eigenvalue weighted by Crippen LogP contribution is 2.46. The summed E-state index contributed by atoms with van der Waals surface area (Å²) in [5, 5.41) is 4.28. The largest absolute Gasteiger partial charge is 0.405 e. The molecule has 4 aliphatic rings. The summed E-state index contributed by atoms with van der Waals surface area (Å²) in [7, 11) is 0. The van der Waals surface area contributed by atoms with E-state index in [1.54, 1.807) is 6.08 Å². The van der Waals surface area contributed by atoms with Crippen LogP contribution in [0.3, 0.4) is 0 Å². The Labute approximate surface area is 256 Å². The van der Waals surface area contributed by atoms with Crippen LogP contribution in [0.15, 0.2) is 46.8 Å². The summed E-state index contributed by atoms with van der Waals surface area (Å²) in [5.74, 6) is -0.00385. The quantitative estimate of drug-likeness (QED) is 0.200. The van der Waals surface area contributed by atoms with Crippen LogP contribution in [0.2, 0.25) is 0 Å². The van der Waals surface area contributed by atoms with Gasteiger partial charge in [-0.1, -0.05) is 36.7 Å². The van der Waals surface area contributed by atoms with E-state index in [1.807, 2.05) is 31.9 Å². The number of nitrogens with zero attached hydrogens (tertiary/aromatic N) is 3. The molecule has 10 nitrogen and oxygen atoms in total. The molecule has 1 aromatic rings. The van der Waals surface area contributed by atoms with Gasteiger partial charge in [0.05, 0.1) is 36.4 Å². The monoisotopic (exact) mass is 614 g/mol. The number of thioether (sulfide) groups is 2. The van der Waals surface area contributed by atoms with Crippen LogP contribution < -0.4 is 16.8 Å². The summed E-state index contributed by atoms with van der Waals surface area (Å²) in [6.07, 6.45) is 7.26. The maximum absolute atomic E-state index is 13.7. The van der Waals surface area contributed by atoms with Gasteiger partial charge in [0.25, 0.3) is 0 Å². The van der Waals surface area contributed by atoms with Gasteiger partial charge in [0.2, 0.25) is 5.91 Å². The summed E-state index contributed by atoms with van der Waals surface area (Å²) in [4.78, 5) is 26.6. The number of aryl methyl sites for hydroxylation is 1. The maximum Gasteiger partial charge on any atom is 0.228 e. The van der Waals surface area contributed by atoms with Crippen LogP contribution in [0.25, 0.3) is 4.91 Å². The molecule has 0 unspecified atom stereocenters. The summed E-state index contributed by atoms with van der Waals surface area (Å²) in [5.41, 5.74) is 15.5. The standard InChI is InChI=1S/C30H42N6O4S2/c1-16(19-7-8-19)24(32)22(9-10-31)42-18(3)23-17(2)33-29(41-6)35-27(23)34-21-15-20(25-26(21)40-30(4,5)39-25)28(37)36-11-13-38-14-12-36/h9-10,19-21,25-26H,1,3,7-8,11-15,31-32H2,2,4-6H3,(H,33,34,35)/b10-9-,24-22-/t20-,21+,25+,26-/m0/s1. The van der Waals surface area contributed by atoms with Gasteiger partial charge < -0.3 is 35.9 Å². The molecule has 0 radical (unpaired) electrons. The van der Waals surface area contributed by atoms with E-state index in [0.29, 0.717) is 55.3 Å². The summed E-state index contributed by atoms with van der Waals surface area (Å²) < 4.78 is 18.2. The Morgan fingerprint density at radius 3 is 2.50 bits per heavy atom. The zero-order valence-electron chi connectivity index (χ0n) is 24.9. The first kappa shape index (κ1) is 30.9. The molecule has 4 atom stereocenters. The Morgan fingerprint density at radius 2 is 1.86 bits per heavy atom. The number of nitrogens with two attached hydrogens (primary N) is 2. The molecule has 2 aliphatic carbocycles. The number of fused-ring (bicyclic) bond motifs is 1. The number of allylic oxidation sites excluding steroid dienone is 2. The summed E-state index contributed by atoms with van der Waals surface area (Å²) in [6, 6.07) is -0.217. The second-order valence-corrected chi connectivity index (χ2v) is 13.5. The van der Waals surface area contributed by atoms with Gasteiger partial charge in [-0.2, -0.15) is 0 Å². The molecule has 2 saturated carbocycles. The first-order valence-electron chi connectivity index (χ1n) is 14.4. The van der Waals surface area contributed by atoms with Gasteiger partial charge in [-0.15, -0.1) is 0 Å². The van der Waals surface area contributed by atoms with Crippen molar-refractivity contribution in [3.8, 4) is 0 Å². The average Bonchev–Trinajstić information content (AvgIpc) is 3.70. The number of aromatic nitrogens is 2. The van der Waals surface area contributed by atoms with Gasteiger partial charge in [-0.3, -0.25) is 4.79 Å². The predicted octanol–water partition coefficient (Wildman–Crippen LogP) is 4.00. The Morgan fingerprint density at radius 1 is 1.17 bits per heavy atom. The van der Waals surface area contributed by atoms with Crippen LogP contribution in [0.5, 0.6) is 0 Å². The Balaban J connectivity index is 1.44. The van der Waals surface area contributed by atoms with E-state index >= 15 is 0 Å². The number of hydrogen-bond acceptors (Lipinski definition) is 11. The van der Waals surface area contributed by atoms with Gasteiger partial charge in [0.15, 0.2) is 10.9 Å². The lowest BCUT2D eigenvalue weighted by Crippen LogP contribution is -2.46. The lowest BCUT2D eigenvalue weighted by molar-refractivity contribution is -0.164. The first-order valence-corrected chi connectivity index (χ1v) is 16.4. The minimum atomic E-state index is -0.802. The fourth-order valence-electron chi connectivity index (χ4n) is 5.89. The molecule has 1 amide bonds. The van der Waals surface area contributed by atoms with E-state index in [0.717, 1.165) is 39.5 Å². The molecule has 42 heavy (non-hydrogen) atoms. The van der Waals surface area contributed by atoms with Crippen LogP contribution in [-0.2, 0) is 19.0 Å². The third-order valence-electron chi connectivity index (χ3n) is 8.12. The molecule has 2 saturated heterocycles. The summed E-state index contributed by atoms with van der Waals surface area (Å²) >= 11 is 2.89. The molecule has 3 heterocycles. The van der Waals surface area contributed by atoms with Gasteiger partial charge in [-0.25, -0.2) is 9.97 Å². The third-order valence-corrected chi connectivity index (χ3v) is 9.69. The Hall–Kier alpha value is -2.51. The molecule has 5 N–H and O–H groups in total. The molecule has 5 rings (SSSR count). The van der Waals surface area contributed by atoms with Gasteiger partial charge >= 0.3 is 0 Å². The molecule has 0 spiro atoms. The van der Waals surface area contributed by atoms with Crippen LogP contribution in [-0.4, -0.2) is 77.4 Å². The molecular weight excluding hydrogens is 573 g/mol. The van der Waals surface area contributed by atoms with Crippen LogP contribution in [0, 0.1) is 18.8 Å². The minimum Gasteiger partial charge on any atom is -0.405 e. The third kappa shape index (κ3) is 6.52. The number of hydrogen-bond donors (Lipinski definition) is 3. The number of morpholine rings is 1. The SMILES string of the molecule is C=C(SC(/C=C\N)=C(\N)C(=C)C1CC1)c1c(C)nc(SC)nc1N[C@@H]1C[C@H](C(=O)N2CCOCC2)[C@H]2OC(C)(C)O[C@H]21. The average molecular weight is 615 g/mol. The molecule has 4 fully saturated rings. The minimum absolute atomic E-state index is 0.0810. The van der Waals surface area contributed by atoms with E-state index in [4.69, 9.17) is 35.6 Å². The normalized spacial score (nSPS) is 27.6. The zero-order valence-corrected chi connectivity index (χ0v) is 26.5. The van der Waals surface area contributed by atoms with Crippen molar-refractivity contribution in [2.45, 2.75) is 69.2 Å². The van der Waals surface area contributed by atoms with Crippen molar-refractivity contribution in [1.82, 2.24) is 14.9 Å². The Bertz CT molecular complexity index is 1300. The van der Waals surface area contributed by atoms with Crippen molar-refractivity contribution in [3.63, 3.8) is 0 Å². The second kappa shape index (κ2) is 12.6. The van der Waals surface area contributed by atoms with Gasteiger partial charge in [-0.05, 0) is 70.1 Å². The summed E-state index contributed by atoms with van der Waals surface area (Å²) in [6.45, 7) is 16.6. The van der Waals surface area contributed by atoms with Crippen molar-refractivity contribution in [3.05, 3.63) is 52.9 Å². The fraction of sp³-hybridized carbons (Fsp3) is 0.567. The highest BCUT2D eigenvalue weighted by Gasteiger charge is 2.57. The lowest BCUT2D eigenvalue weighted by atomic mass is 10.0. The van der Waals surface area contributed by atoms with Crippen molar-refractivity contribution < 1.29 is 19.0 Å². The predicted molar refractivity (Wildman–Crippen MR) is 168 cm³/mol. The maximum atomic E-state index is 13.7. The zero-order chi connectivity index (χ0) is 30.2. The van der Waals surface area contributed by atoms with E-state index in [2.05, 4.69) is 18.5 Å². The molecule has 2 aliphatic heterocycles. The number of anilines is 1. The topological polar surface area (TPSA) is 138 Å². The molecule has 228 valence electrons.